The summed E-state index contributed by atoms with van der Waals surface area (Å²) in [4.78, 5) is 24.9. The molecule has 0 amide bonds. The molecular weight excluding hydrogens is 346 g/mol. The Morgan fingerprint density at radius 2 is 1.78 bits per heavy atom. The fourth-order valence-corrected chi connectivity index (χ4v) is 2.88. The highest BCUT2D eigenvalue weighted by Gasteiger charge is 2.15. The minimum Gasteiger partial charge on any atom is -0.507 e. The van der Waals surface area contributed by atoms with Crippen LogP contribution in [0.5, 0.6) is 11.5 Å². The lowest BCUT2D eigenvalue weighted by Gasteiger charge is -2.08. The first kappa shape index (κ1) is 16.7. The molecule has 6 heteroatoms. The molecule has 2 N–H and O–H groups in total. The van der Waals surface area contributed by atoms with Crippen molar-refractivity contribution in [3.63, 3.8) is 0 Å². The van der Waals surface area contributed by atoms with Crippen LogP contribution in [-0.4, -0.2) is 18.1 Å². The highest BCUT2D eigenvalue weighted by molar-refractivity contribution is 5.95. The fraction of sp³-hybridized carbons (Fsp3) is 0.0476. The number of phenolic OH excluding ortho intramolecular Hbond substituents is 1. The van der Waals surface area contributed by atoms with Gasteiger partial charge in [0, 0.05) is 24.9 Å². The standard InChI is InChI=1S/C21H15NO5/c1-22-13-8-6-12(7-9-13)21(25)26-14-10-16(23)19-18(11-14)27-17-5-3-2-4-15(17)20(19)24/h2-11,22-23H,1H3. The van der Waals surface area contributed by atoms with Gasteiger partial charge in [-0.05, 0) is 36.4 Å². The minimum atomic E-state index is -0.584. The Morgan fingerprint density at radius 1 is 1.04 bits per heavy atom. The van der Waals surface area contributed by atoms with Crippen LogP contribution in [-0.2, 0) is 0 Å². The Bertz CT molecular complexity index is 1230. The van der Waals surface area contributed by atoms with Gasteiger partial charge in [0.1, 0.15) is 28.1 Å². The van der Waals surface area contributed by atoms with E-state index in [2.05, 4.69) is 5.32 Å². The Morgan fingerprint density at radius 3 is 2.52 bits per heavy atom. The number of aromatic hydroxyl groups is 1. The largest absolute Gasteiger partial charge is 0.507 e. The number of nitrogens with one attached hydrogen (secondary N) is 1. The van der Waals surface area contributed by atoms with Crippen LogP contribution >= 0.6 is 0 Å². The summed E-state index contributed by atoms with van der Waals surface area (Å²) < 4.78 is 11.0. The van der Waals surface area contributed by atoms with Crippen LogP contribution in [0.1, 0.15) is 10.4 Å². The Labute approximate surface area is 153 Å². The molecule has 0 saturated carbocycles. The highest BCUT2D eigenvalue weighted by Crippen LogP contribution is 2.30. The zero-order valence-corrected chi connectivity index (χ0v) is 14.4. The lowest BCUT2D eigenvalue weighted by Crippen LogP contribution is -2.09. The van der Waals surface area contributed by atoms with Gasteiger partial charge < -0.3 is 19.6 Å². The number of carbonyl (C=O) groups excluding carboxylic acids is 1. The lowest BCUT2D eigenvalue weighted by molar-refractivity contribution is 0.0735. The molecule has 4 rings (SSSR count). The first-order valence-electron chi connectivity index (χ1n) is 8.25. The zero-order valence-electron chi connectivity index (χ0n) is 14.4. The van der Waals surface area contributed by atoms with Crippen LogP contribution in [0.4, 0.5) is 5.69 Å². The van der Waals surface area contributed by atoms with Crippen LogP contribution < -0.4 is 15.5 Å². The van der Waals surface area contributed by atoms with Gasteiger partial charge in [-0.25, -0.2) is 4.79 Å². The van der Waals surface area contributed by atoms with Crippen molar-refractivity contribution in [3.05, 3.63) is 76.5 Å². The number of hydrogen-bond donors (Lipinski definition) is 2. The minimum absolute atomic E-state index is 0.0480. The number of para-hydroxylation sites is 1. The summed E-state index contributed by atoms with van der Waals surface area (Å²) in [5.74, 6) is -0.805. The van der Waals surface area contributed by atoms with Gasteiger partial charge in [-0.2, -0.15) is 0 Å². The molecule has 0 spiro atoms. The maximum Gasteiger partial charge on any atom is 0.343 e. The molecule has 0 unspecified atom stereocenters. The maximum absolute atomic E-state index is 12.6. The monoisotopic (exact) mass is 361 g/mol. The van der Waals surface area contributed by atoms with Gasteiger partial charge in [0.25, 0.3) is 0 Å². The third-order valence-electron chi connectivity index (χ3n) is 4.25. The third kappa shape index (κ3) is 2.97. The van der Waals surface area contributed by atoms with Crippen LogP contribution in [0.2, 0.25) is 0 Å². The van der Waals surface area contributed by atoms with Crippen molar-refractivity contribution >= 4 is 33.6 Å². The Kier molecular flexibility index (Phi) is 4.01. The molecule has 1 aromatic heterocycles. The number of carbonyl (C=O) groups is 1. The van der Waals surface area contributed by atoms with E-state index in [1.165, 1.54) is 12.1 Å². The molecule has 27 heavy (non-hydrogen) atoms. The van der Waals surface area contributed by atoms with E-state index < -0.39 is 5.97 Å². The second-order valence-corrected chi connectivity index (χ2v) is 5.96. The van der Waals surface area contributed by atoms with Crippen molar-refractivity contribution in [1.82, 2.24) is 0 Å². The van der Waals surface area contributed by atoms with Crippen molar-refractivity contribution < 1.29 is 19.1 Å². The van der Waals surface area contributed by atoms with Crippen molar-refractivity contribution in [2.24, 2.45) is 0 Å². The van der Waals surface area contributed by atoms with E-state index in [4.69, 9.17) is 9.15 Å². The van der Waals surface area contributed by atoms with E-state index >= 15 is 0 Å². The normalized spacial score (nSPS) is 10.9. The van der Waals surface area contributed by atoms with Gasteiger partial charge in [0.05, 0.1) is 10.9 Å². The average molecular weight is 361 g/mol. The van der Waals surface area contributed by atoms with Crippen LogP contribution in [0.3, 0.4) is 0 Å². The summed E-state index contributed by atoms with van der Waals surface area (Å²) in [6.07, 6.45) is 0. The molecule has 0 aliphatic heterocycles. The molecule has 0 fully saturated rings. The second-order valence-electron chi connectivity index (χ2n) is 5.96. The van der Waals surface area contributed by atoms with Crippen molar-refractivity contribution in [2.45, 2.75) is 0 Å². The number of phenols is 1. The first-order valence-corrected chi connectivity index (χ1v) is 8.25. The van der Waals surface area contributed by atoms with E-state index in [0.29, 0.717) is 16.5 Å². The van der Waals surface area contributed by atoms with Gasteiger partial charge in [-0.1, -0.05) is 12.1 Å². The van der Waals surface area contributed by atoms with Gasteiger partial charge in [-0.3, -0.25) is 4.79 Å². The molecule has 0 aliphatic rings. The van der Waals surface area contributed by atoms with Crippen molar-refractivity contribution in [2.75, 3.05) is 12.4 Å². The smallest absolute Gasteiger partial charge is 0.343 e. The maximum atomic E-state index is 12.6. The van der Waals surface area contributed by atoms with Gasteiger partial charge >= 0.3 is 5.97 Å². The van der Waals surface area contributed by atoms with Crippen molar-refractivity contribution in [1.29, 1.82) is 0 Å². The molecule has 4 aromatic rings. The molecule has 0 radical (unpaired) electrons. The quantitative estimate of drug-likeness (QED) is 0.327. The molecule has 6 nitrogen and oxygen atoms in total. The number of hydrogen-bond acceptors (Lipinski definition) is 6. The number of benzene rings is 3. The SMILES string of the molecule is CNc1ccc(C(=O)Oc2cc(O)c3c(=O)c4ccccc4oc3c2)cc1. The predicted molar refractivity (Wildman–Crippen MR) is 103 cm³/mol. The van der Waals surface area contributed by atoms with E-state index in [0.717, 1.165) is 5.69 Å². The number of rotatable bonds is 3. The van der Waals surface area contributed by atoms with E-state index in [-0.39, 0.29) is 27.9 Å². The summed E-state index contributed by atoms with van der Waals surface area (Å²) in [6, 6.07) is 16.2. The first-order chi connectivity index (χ1) is 13.1. The Hall–Kier alpha value is -3.80. The van der Waals surface area contributed by atoms with E-state index in [9.17, 15) is 14.7 Å². The Balaban J connectivity index is 1.75. The lowest BCUT2D eigenvalue weighted by atomic mass is 10.1. The predicted octanol–water partition coefficient (Wildman–Crippen LogP) is 3.91. The van der Waals surface area contributed by atoms with Crippen molar-refractivity contribution in [3.8, 4) is 11.5 Å². The number of fused-ring (bicyclic) bond motifs is 2. The molecular formula is C21H15NO5. The molecule has 0 aliphatic carbocycles. The number of ether oxygens (including phenoxy) is 1. The molecule has 1 heterocycles. The second kappa shape index (κ2) is 6.49. The molecule has 0 atom stereocenters. The van der Waals surface area contributed by atoms with Gasteiger partial charge in [0.15, 0.2) is 0 Å². The van der Waals surface area contributed by atoms with E-state index in [1.54, 1.807) is 55.6 Å². The van der Waals surface area contributed by atoms with Gasteiger partial charge in [0.2, 0.25) is 5.43 Å². The third-order valence-corrected chi connectivity index (χ3v) is 4.25. The average Bonchev–Trinajstić information content (AvgIpc) is 2.68. The van der Waals surface area contributed by atoms with E-state index in [1.807, 2.05) is 0 Å². The number of esters is 1. The molecule has 134 valence electrons. The zero-order chi connectivity index (χ0) is 19.0. The molecule has 3 aromatic carbocycles. The molecule has 0 bridgehead atoms. The topological polar surface area (TPSA) is 88.8 Å². The van der Waals surface area contributed by atoms with Crippen LogP contribution in [0, 0.1) is 0 Å². The summed E-state index contributed by atoms with van der Waals surface area (Å²) >= 11 is 0. The van der Waals surface area contributed by atoms with Crippen LogP contribution in [0.15, 0.2) is 69.9 Å². The summed E-state index contributed by atoms with van der Waals surface area (Å²) in [5.41, 5.74) is 1.41. The van der Waals surface area contributed by atoms with Crippen LogP contribution in [0.25, 0.3) is 21.9 Å². The summed E-state index contributed by atoms with van der Waals surface area (Å²) in [7, 11) is 1.78. The van der Waals surface area contributed by atoms with Gasteiger partial charge in [-0.15, -0.1) is 0 Å². The fourth-order valence-electron chi connectivity index (χ4n) is 2.88. The molecule has 0 saturated heterocycles. The summed E-state index contributed by atoms with van der Waals surface area (Å²) in [6.45, 7) is 0. The summed E-state index contributed by atoms with van der Waals surface area (Å²) in [5, 5.41) is 13.7. The highest BCUT2D eigenvalue weighted by atomic mass is 16.5. The number of anilines is 1.